The molecule has 2 heterocycles. The Morgan fingerprint density at radius 2 is 1.89 bits per heavy atom. The molecule has 0 saturated carbocycles. The summed E-state index contributed by atoms with van der Waals surface area (Å²) in [5, 5.41) is 1.90. The van der Waals surface area contributed by atoms with E-state index in [1.54, 1.807) is 24.3 Å². The molecule has 0 radical (unpaired) electrons. The highest BCUT2D eigenvalue weighted by atomic mass is 16.7. The van der Waals surface area contributed by atoms with Crippen LogP contribution in [0.15, 0.2) is 42.5 Å². The summed E-state index contributed by atoms with van der Waals surface area (Å²) in [4.78, 5) is 26.4. The highest BCUT2D eigenvalue weighted by Gasteiger charge is 2.42. The molecule has 1 atom stereocenters. The standard InChI is InChI=1S/C20H20N2O5/c1-2-25-15-6-4-14(5-7-15)22-19(23)10-16(20(22)24)21-11-13-3-8-17-18(9-13)27-12-26-17/h3-9,16,21H,2,10-12H2,1H3/p+1/t16-/m1/s1. The highest BCUT2D eigenvalue weighted by Crippen LogP contribution is 2.32. The van der Waals surface area contributed by atoms with Crippen LogP contribution in [0.5, 0.6) is 17.2 Å². The Morgan fingerprint density at radius 1 is 1.11 bits per heavy atom. The fourth-order valence-electron chi connectivity index (χ4n) is 3.32. The van der Waals surface area contributed by atoms with Crippen LogP contribution in [0.4, 0.5) is 5.69 Å². The van der Waals surface area contributed by atoms with Crippen LogP contribution >= 0.6 is 0 Å². The van der Waals surface area contributed by atoms with Gasteiger partial charge in [-0.25, -0.2) is 4.90 Å². The van der Waals surface area contributed by atoms with Crippen molar-refractivity contribution in [1.29, 1.82) is 0 Å². The lowest BCUT2D eigenvalue weighted by Gasteiger charge is -2.15. The van der Waals surface area contributed by atoms with Crippen molar-refractivity contribution in [3.63, 3.8) is 0 Å². The second kappa shape index (κ2) is 7.28. The van der Waals surface area contributed by atoms with Gasteiger partial charge in [0.25, 0.3) is 5.91 Å². The Morgan fingerprint density at radius 3 is 2.67 bits per heavy atom. The molecule has 0 aliphatic carbocycles. The van der Waals surface area contributed by atoms with Crippen molar-refractivity contribution in [2.24, 2.45) is 0 Å². The summed E-state index contributed by atoms with van der Waals surface area (Å²) in [7, 11) is 0. The number of amides is 2. The Bertz CT molecular complexity index is 865. The van der Waals surface area contributed by atoms with Crippen molar-refractivity contribution < 1.29 is 29.1 Å². The van der Waals surface area contributed by atoms with Crippen LogP contribution in [-0.4, -0.2) is 31.3 Å². The average Bonchev–Trinajstić information content (AvgIpc) is 3.25. The van der Waals surface area contributed by atoms with E-state index in [9.17, 15) is 9.59 Å². The SMILES string of the molecule is CCOc1ccc(N2C(=O)C[C@@H]([NH2+]Cc3ccc4c(c3)OCO4)C2=O)cc1. The van der Waals surface area contributed by atoms with Crippen molar-refractivity contribution in [2.45, 2.75) is 25.9 Å². The van der Waals surface area contributed by atoms with E-state index in [1.165, 1.54) is 4.90 Å². The van der Waals surface area contributed by atoms with Gasteiger partial charge in [-0.3, -0.25) is 9.59 Å². The number of carbonyl (C=O) groups excluding carboxylic acids is 2. The van der Waals surface area contributed by atoms with Gasteiger partial charge in [-0.2, -0.15) is 0 Å². The monoisotopic (exact) mass is 369 g/mol. The van der Waals surface area contributed by atoms with Crippen LogP contribution in [0.2, 0.25) is 0 Å². The van der Waals surface area contributed by atoms with E-state index in [0.717, 1.165) is 11.3 Å². The zero-order valence-electron chi connectivity index (χ0n) is 15.0. The average molecular weight is 369 g/mol. The molecule has 7 nitrogen and oxygen atoms in total. The number of benzene rings is 2. The van der Waals surface area contributed by atoms with E-state index < -0.39 is 6.04 Å². The number of quaternary nitrogens is 1. The lowest BCUT2D eigenvalue weighted by Crippen LogP contribution is -2.90. The zero-order chi connectivity index (χ0) is 18.8. The van der Waals surface area contributed by atoms with Crippen molar-refractivity contribution in [1.82, 2.24) is 0 Å². The molecular formula is C20H21N2O5+. The molecule has 1 saturated heterocycles. The summed E-state index contributed by atoms with van der Waals surface area (Å²) in [5.41, 5.74) is 1.59. The molecule has 2 N–H and O–H groups in total. The summed E-state index contributed by atoms with van der Waals surface area (Å²) in [5.74, 6) is 1.78. The maximum Gasteiger partial charge on any atom is 0.292 e. The quantitative estimate of drug-likeness (QED) is 0.774. The number of fused-ring (bicyclic) bond motifs is 1. The number of nitrogens with zero attached hydrogens (tertiary/aromatic N) is 1. The molecule has 4 rings (SSSR count). The molecule has 1 fully saturated rings. The Kier molecular flexibility index (Phi) is 4.68. The Balaban J connectivity index is 1.41. The van der Waals surface area contributed by atoms with Crippen LogP contribution < -0.4 is 24.4 Å². The fourth-order valence-corrected chi connectivity index (χ4v) is 3.32. The minimum Gasteiger partial charge on any atom is -0.494 e. The van der Waals surface area contributed by atoms with E-state index in [-0.39, 0.29) is 25.0 Å². The van der Waals surface area contributed by atoms with Gasteiger partial charge in [0.05, 0.1) is 18.7 Å². The number of nitrogens with two attached hydrogens (primary N) is 1. The maximum absolute atomic E-state index is 12.7. The van der Waals surface area contributed by atoms with Gasteiger partial charge < -0.3 is 19.5 Å². The third-order valence-electron chi connectivity index (χ3n) is 4.66. The molecular weight excluding hydrogens is 348 g/mol. The first-order valence-corrected chi connectivity index (χ1v) is 8.97. The van der Waals surface area contributed by atoms with E-state index >= 15 is 0 Å². The van der Waals surface area contributed by atoms with Gasteiger partial charge in [-0.1, -0.05) is 0 Å². The number of hydrogen-bond acceptors (Lipinski definition) is 5. The van der Waals surface area contributed by atoms with E-state index in [4.69, 9.17) is 14.2 Å². The van der Waals surface area contributed by atoms with Crippen molar-refractivity contribution in [2.75, 3.05) is 18.3 Å². The normalized spacial score (nSPS) is 18.3. The van der Waals surface area contributed by atoms with Crippen molar-refractivity contribution >= 4 is 17.5 Å². The highest BCUT2D eigenvalue weighted by molar-refractivity contribution is 6.21. The van der Waals surface area contributed by atoms with E-state index in [1.807, 2.05) is 30.4 Å². The molecule has 0 aromatic heterocycles. The van der Waals surface area contributed by atoms with Gasteiger partial charge in [-0.05, 0) is 49.4 Å². The fraction of sp³-hybridized carbons (Fsp3) is 0.300. The largest absolute Gasteiger partial charge is 0.494 e. The summed E-state index contributed by atoms with van der Waals surface area (Å²) >= 11 is 0. The first-order chi connectivity index (χ1) is 13.2. The van der Waals surface area contributed by atoms with Crippen LogP contribution in [-0.2, 0) is 16.1 Å². The second-order valence-electron chi connectivity index (χ2n) is 6.43. The van der Waals surface area contributed by atoms with Gasteiger partial charge in [0.15, 0.2) is 17.5 Å². The zero-order valence-corrected chi connectivity index (χ0v) is 15.0. The summed E-state index contributed by atoms with van der Waals surface area (Å²) in [6.07, 6.45) is 0.191. The summed E-state index contributed by atoms with van der Waals surface area (Å²) in [6, 6.07) is 12.3. The third kappa shape index (κ3) is 3.46. The summed E-state index contributed by atoms with van der Waals surface area (Å²) in [6.45, 7) is 3.28. The number of ether oxygens (including phenoxy) is 3. The molecule has 0 bridgehead atoms. The molecule has 7 heteroatoms. The molecule has 2 aliphatic heterocycles. The number of carbonyl (C=O) groups is 2. The molecule has 27 heavy (non-hydrogen) atoms. The lowest BCUT2D eigenvalue weighted by molar-refractivity contribution is -0.690. The van der Waals surface area contributed by atoms with Gasteiger partial charge in [0.2, 0.25) is 12.7 Å². The van der Waals surface area contributed by atoms with Crippen LogP contribution in [0.25, 0.3) is 0 Å². The molecule has 0 spiro atoms. The maximum atomic E-state index is 12.7. The molecule has 140 valence electrons. The van der Waals surface area contributed by atoms with Gasteiger partial charge >= 0.3 is 0 Å². The van der Waals surface area contributed by atoms with E-state index in [2.05, 4.69) is 0 Å². The van der Waals surface area contributed by atoms with Crippen LogP contribution in [0.1, 0.15) is 18.9 Å². The van der Waals surface area contributed by atoms with Gasteiger partial charge in [0, 0.05) is 5.56 Å². The molecule has 2 aromatic carbocycles. The Labute approximate surface area is 156 Å². The molecule has 2 aliphatic rings. The molecule has 2 aromatic rings. The predicted molar refractivity (Wildman–Crippen MR) is 96.7 cm³/mol. The molecule has 2 amide bonds. The second-order valence-corrected chi connectivity index (χ2v) is 6.43. The van der Waals surface area contributed by atoms with Crippen LogP contribution in [0.3, 0.4) is 0 Å². The number of imide groups is 1. The first kappa shape index (κ1) is 17.4. The summed E-state index contributed by atoms with van der Waals surface area (Å²) < 4.78 is 16.1. The Hall–Kier alpha value is -3.06. The number of hydrogen-bond donors (Lipinski definition) is 1. The first-order valence-electron chi connectivity index (χ1n) is 8.97. The predicted octanol–water partition coefficient (Wildman–Crippen LogP) is 1.21. The lowest BCUT2D eigenvalue weighted by atomic mass is 10.1. The topological polar surface area (TPSA) is 81.7 Å². The third-order valence-corrected chi connectivity index (χ3v) is 4.66. The smallest absolute Gasteiger partial charge is 0.292 e. The van der Waals surface area contributed by atoms with Crippen molar-refractivity contribution in [3.05, 3.63) is 48.0 Å². The number of rotatable bonds is 6. The van der Waals surface area contributed by atoms with Gasteiger partial charge in [-0.15, -0.1) is 0 Å². The minimum absolute atomic E-state index is 0.184. The minimum atomic E-state index is -0.422. The van der Waals surface area contributed by atoms with Crippen molar-refractivity contribution in [3.8, 4) is 17.2 Å². The van der Waals surface area contributed by atoms with Gasteiger partial charge in [0.1, 0.15) is 12.3 Å². The number of anilines is 1. The van der Waals surface area contributed by atoms with Crippen LogP contribution in [0, 0.1) is 0 Å². The molecule has 0 unspecified atom stereocenters. The van der Waals surface area contributed by atoms with E-state index in [0.29, 0.717) is 30.3 Å².